The van der Waals surface area contributed by atoms with Gasteiger partial charge in [-0.15, -0.1) is 0 Å². The molecule has 1 aromatic heterocycles. The molecule has 0 aliphatic carbocycles. The maximum Gasteiger partial charge on any atom is 0.142 e. The molecule has 1 heterocycles. The first kappa shape index (κ1) is 12.0. The monoisotopic (exact) mass is 252 g/mol. The molecule has 0 fully saturated rings. The van der Waals surface area contributed by atoms with Crippen LogP contribution in [0.2, 0.25) is 5.02 Å². The number of benzene rings is 1. The zero-order chi connectivity index (χ0) is 12.3. The molecule has 0 radical (unpaired) electrons. The molecule has 1 atom stereocenters. The standard InChI is InChI=1S/C12H10ClFN2O/c13-12-8(2-1-3-9(12)14)6-11(17)10-4-5-15-7-16-10/h1-5,7,11,17H,6H2. The van der Waals surface area contributed by atoms with Crippen LogP contribution in [0.1, 0.15) is 17.4 Å². The summed E-state index contributed by atoms with van der Waals surface area (Å²) in [6.45, 7) is 0. The Bertz CT molecular complexity index is 507. The summed E-state index contributed by atoms with van der Waals surface area (Å²) in [6.07, 6.45) is 2.29. The van der Waals surface area contributed by atoms with E-state index in [1.807, 2.05) is 0 Å². The minimum atomic E-state index is -0.822. The average Bonchev–Trinajstić information content (AvgIpc) is 2.36. The van der Waals surface area contributed by atoms with Crippen LogP contribution in [0.4, 0.5) is 4.39 Å². The first-order chi connectivity index (χ1) is 8.18. The highest BCUT2D eigenvalue weighted by atomic mass is 35.5. The van der Waals surface area contributed by atoms with Gasteiger partial charge in [0.25, 0.3) is 0 Å². The van der Waals surface area contributed by atoms with E-state index in [0.717, 1.165) is 0 Å². The van der Waals surface area contributed by atoms with Crippen LogP contribution < -0.4 is 0 Å². The minimum Gasteiger partial charge on any atom is -0.386 e. The maximum absolute atomic E-state index is 13.2. The molecular weight excluding hydrogens is 243 g/mol. The third kappa shape index (κ3) is 2.78. The van der Waals surface area contributed by atoms with Crippen LogP contribution in [-0.4, -0.2) is 15.1 Å². The largest absolute Gasteiger partial charge is 0.386 e. The van der Waals surface area contributed by atoms with Crippen molar-refractivity contribution in [2.24, 2.45) is 0 Å². The lowest BCUT2D eigenvalue weighted by Gasteiger charge is -2.11. The van der Waals surface area contributed by atoms with Gasteiger partial charge in [0, 0.05) is 12.6 Å². The zero-order valence-corrected chi connectivity index (χ0v) is 9.60. The van der Waals surface area contributed by atoms with Gasteiger partial charge in [-0.3, -0.25) is 0 Å². The Hall–Kier alpha value is -1.52. The van der Waals surface area contributed by atoms with Gasteiger partial charge in [-0.25, -0.2) is 14.4 Å². The van der Waals surface area contributed by atoms with Gasteiger partial charge in [-0.2, -0.15) is 0 Å². The zero-order valence-electron chi connectivity index (χ0n) is 8.85. The van der Waals surface area contributed by atoms with Crippen molar-refractivity contribution >= 4 is 11.6 Å². The van der Waals surface area contributed by atoms with Crippen LogP contribution in [0, 0.1) is 5.82 Å². The van der Waals surface area contributed by atoms with Gasteiger partial charge in [0.15, 0.2) is 0 Å². The van der Waals surface area contributed by atoms with E-state index < -0.39 is 11.9 Å². The second kappa shape index (κ2) is 5.21. The summed E-state index contributed by atoms with van der Waals surface area (Å²) in [5.41, 5.74) is 1.04. The Morgan fingerprint density at radius 2 is 2.18 bits per heavy atom. The number of halogens is 2. The highest BCUT2D eigenvalue weighted by Gasteiger charge is 2.13. The van der Waals surface area contributed by atoms with Crippen molar-refractivity contribution in [2.45, 2.75) is 12.5 Å². The molecule has 1 unspecified atom stereocenters. The first-order valence-corrected chi connectivity index (χ1v) is 5.43. The number of nitrogens with zero attached hydrogens (tertiary/aromatic N) is 2. The van der Waals surface area contributed by atoms with Gasteiger partial charge in [0.1, 0.15) is 18.2 Å². The summed E-state index contributed by atoms with van der Waals surface area (Å²) < 4.78 is 13.2. The number of hydrogen-bond acceptors (Lipinski definition) is 3. The lowest BCUT2D eigenvalue weighted by molar-refractivity contribution is 0.173. The predicted octanol–water partition coefficient (Wildman–Crippen LogP) is 2.55. The Kier molecular flexibility index (Phi) is 3.66. The molecule has 5 heteroatoms. The van der Waals surface area contributed by atoms with Crippen LogP contribution >= 0.6 is 11.6 Å². The van der Waals surface area contributed by atoms with Crippen molar-refractivity contribution in [3.05, 3.63) is 58.9 Å². The molecule has 2 aromatic rings. The third-order valence-corrected chi connectivity index (χ3v) is 2.81. The summed E-state index contributed by atoms with van der Waals surface area (Å²) in [6, 6.07) is 6.12. The molecule has 1 N–H and O–H groups in total. The van der Waals surface area contributed by atoms with E-state index in [-0.39, 0.29) is 11.4 Å². The normalized spacial score (nSPS) is 12.4. The SMILES string of the molecule is OC(Cc1cccc(F)c1Cl)c1ccncn1. The summed E-state index contributed by atoms with van der Waals surface area (Å²) >= 11 is 5.81. The van der Waals surface area contributed by atoms with Crippen molar-refractivity contribution in [1.29, 1.82) is 0 Å². The maximum atomic E-state index is 13.2. The van der Waals surface area contributed by atoms with Crippen LogP contribution in [0.3, 0.4) is 0 Å². The van der Waals surface area contributed by atoms with Gasteiger partial charge in [-0.1, -0.05) is 23.7 Å². The summed E-state index contributed by atoms with van der Waals surface area (Å²) in [5.74, 6) is -0.487. The molecule has 2 rings (SSSR count). The molecule has 0 saturated heterocycles. The Balaban J connectivity index is 2.19. The average molecular weight is 253 g/mol. The molecule has 0 saturated carbocycles. The molecule has 0 bridgehead atoms. The highest BCUT2D eigenvalue weighted by Crippen LogP contribution is 2.24. The topological polar surface area (TPSA) is 46.0 Å². The van der Waals surface area contributed by atoms with E-state index in [1.165, 1.54) is 12.4 Å². The number of rotatable bonds is 3. The van der Waals surface area contributed by atoms with Crippen molar-refractivity contribution in [2.75, 3.05) is 0 Å². The molecule has 0 spiro atoms. The van der Waals surface area contributed by atoms with Gasteiger partial charge in [0.05, 0.1) is 10.7 Å². The van der Waals surface area contributed by atoms with Crippen molar-refractivity contribution < 1.29 is 9.50 Å². The van der Waals surface area contributed by atoms with Crippen LogP contribution in [-0.2, 0) is 6.42 Å². The van der Waals surface area contributed by atoms with Gasteiger partial charge >= 0.3 is 0 Å². The van der Waals surface area contributed by atoms with Crippen LogP contribution in [0.5, 0.6) is 0 Å². The smallest absolute Gasteiger partial charge is 0.142 e. The minimum absolute atomic E-state index is 0.0422. The first-order valence-electron chi connectivity index (χ1n) is 5.05. The molecular formula is C12H10ClFN2O. The molecule has 1 aromatic carbocycles. The fraction of sp³-hybridized carbons (Fsp3) is 0.167. The van der Waals surface area contributed by atoms with Crippen LogP contribution in [0.25, 0.3) is 0 Å². The number of aliphatic hydroxyl groups excluding tert-OH is 1. The Morgan fingerprint density at radius 1 is 1.35 bits per heavy atom. The summed E-state index contributed by atoms with van der Waals surface area (Å²) in [7, 11) is 0. The molecule has 3 nitrogen and oxygen atoms in total. The fourth-order valence-corrected chi connectivity index (χ4v) is 1.72. The Morgan fingerprint density at radius 3 is 2.88 bits per heavy atom. The van der Waals surface area contributed by atoms with Crippen molar-refractivity contribution in [1.82, 2.24) is 9.97 Å². The van der Waals surface area contributed by atoms with Crippen LogP contribution in [0.15, 0.2) is 36.8 Å². The summed E-state index contributed by atoms with van der Waals surface area (Å²) in [4.78, 5) is 7.69. The predicted molar refractivity (Wildman–Crippen MR) is 62.1 cm³/mol. The molecule has 0 aliphatic heterocycles. The summed E-state index contributed by atoms with van der Waals surface area (Å²) in [5, 5.41) is 9.96. The lowest BCUT2D eigenvalue weighted by atomic mass is 10.1. The number of aliphatic hydroxyl groups is 1. The molecule has 0 aliphatic rings. The second-order valence-corrected chi connectivity index (χ2v) is 3.95. The van der Waals surface area contributed by atoms with E-state index in [1.54, 1.807) is 24.4 Å². The second-order valence-electron chi connectivity index (χ2n) is 3.57. The Labute approximate surface area is 103 Å². The fourth-order valence-electron chi connectivity index (χ4n) is 1.52. The molecule has 88 valence electrons. The van der Waals surface area contributed by atoms with E-state index >= 15 is 0 Å². The number of hydrogen-bond donors (Lipinski definition) is 1. The lowest BCUT2D eigenvalue weighted by Crippen LogP contribution is -2.05. The van der Waals surface area contributed by atoms with E-state index in [9.17, 15) is 9.50 Å². The van der Waals surface area contributed by atoms with Gasteiger partial charge in [0.2, 0.25) is 0 Å². The highest BCUT2D eigenvalue weighted by molar-refractivity contribution is 6.31. The van der Waals surface area contributed by atoms with Gasteiger partial charge < -0.3 is 5.11 Å². The quantitative estimate of drug-likeness (QED) is 0.913. The number of aromatic nitrogens is 2. The molecule has 0 amide bonds. The molecule has 17 heavy (non-hydrogen) atoms. The van der Waals surface area contributed by atoms with Crippen molar-refractivity contribution in [3.8, 4) is 0 Å². The van der Waals surface area contributed by atoms with E-state index in [0.29, 0.717) is 11.3 Å². The third-order valence-electron chi connectivity index (χ3n) is 2.39. The van der Waals surface area contributed by atoms with E-state index in [2.05, 4.69) is 9.97 Å². The van der Waals surface area contributed by atoms with Gasteiger partial charge in [-0.05, 0) is 17.7 Å². The van der Waals surface area contributed by atoms with E-state index in [4.69, 9.17) is 11.6 Å². The van der Waals surface area contributed by atoms with Crippen molar-refractivity contribution in [3.63, 3.8) is 0 Å².